The number of carbonyl (C=O) groups is 3. The molecular formula is C21H19N3O4. The van der Waals surface area contributed by atoms with Gasteiger partial charge in [0.1, 0.15) is 11.4 Å². The molecule has 3 aromatic rings. The number of fused-ring (bicyclic) bond motifs is 1. The van der Waals surface area contributed by atoms with Crippen LogP contribution in [0.3, 0.4) is 0 Å². The van der Waals surface area contributed by atoms with Crippen LogP contribution in [0.2, 0.25) is 0 Å². The third-order valence-corrected chi connectivity index (χ3v) is 4.01. The van der Waals surface area contributed by atoms with Crippen molar-refractivity contribution in [2.45, 2.75) is 13.3 Å². The Hall–Kier alpha value is -3.74. The molecule has 2 aromatic carbocycles. The molecule has 142 valence electrons. The molecule has 28 heavy (non-hydrogen) atoms. The maximum Gasteiger partial charge on any atom is 0.288 e. The summed E-state index contributed by atoms with van der Waals surface area (Å²) in [6.45, 7) is 1.51. The number of para-hydroxylation sites is 1. The van der Waals surface area contributed by atoms with Crippen molar-refractivity contribution < 1.29 is 19.1 Å². The number of nitrogens with one attached hydrogen (secondary N) is 2. The van der Waals surface area contributed by atoms with Crippen LogP contribution < -0.4 is 15.6 Å². The van der Waals surface area contributed by atoms with Gasteiger partial charge in [-0.25, -0.2) is 4.98 Å². The highest BCUT2D eigenvalue weighted by atomic mass is 16.5. The number of pyridine rings is 1. The quantitative estimate of drug-likeness (QED) is 0.508. The van der Waals surface area contributed by atoms with Gasteiger partial charge in [0.05, 0.1) is 5.52 Å². The van der Waals surface area contributed by atoms with Crippen LogP contribution >= 0.6 is 0 Å². The van der Waals surface area contributed by atoms with E-state index in [0.29, 0.717) is 23.3 Å². The maximum atomic E-state index is 12.1. The summed E-state index contributed by atoms with van der Waals surface area (Å²) in [6, 6.07) is 17.3. The number of carbonyl (C=O) groups excluding carboxylic acids is 3. The number of amides is 2. The molecule has 0 fully saturated rings. The SMILES string of the molecule is CCC(=O)c1ccc(OCC(=O)NNC(=O)c2ccc3ccccc3n2)cc1. The van der Waals surface area contributed by atoms with Crippen LogP contribution in [-0.2, 0) is 4.79 Å². The predicted molar refractivity (Wildman–Crippen MR) is 104 cm³/mol. The molecular weight excluding hydrogens is 358 g/mol. The van der Waals surface area contributed by atoms with Crippen molar-refractivity contribution >= 4 is 28.5 Å². The Balaban J connectivity index is 1.49. The smallest absolute Gasteiger partial charge is 0.288 e. The first-order valence-electron chi connectivity index (χ1n) is 8.78. The standard InChI is InChI=1S/C21H19N3O4/c1-2-19(25)15-7-10-16(11-8-15)28-13-20(26)23-24-21(27)18-12-9-14-5-3-4-6-17(14)22-18/h3-12H,2,13H2,1H3,(H,23,26)(H,24,27). The van der Waals surface area contributed by atoms with Gasteiger partial charge >= 0.3 is 0 Å². The number of benzene rings is 2. The van der Waals surface area contributed by atoms with Gasteiger partial charge in [-0.05, 0) is 36.4 Å². The van der Waals surface area contributed by atoms with E-state index in [1.54, 1.807) is 49.4 Å². The van der Waals surface area contributed by atoms with E-state index in [0.717, 1.165) is 5.39 Å². The zero-order chi connectivity index (χ0) is 19.9. The lowest BCUT2D eigenvalue weighted by Crippen LogP contribution is -2.44. The minimum Gasteiger partial charge on any atom is -0.484 e. The van der Waals surface area contributed by atoms with Gasteiger partial charge in [0.15, 0.2) is 12.4 Å². The average Bonchev–Trinajstić information content (AvgIpc) is 2.75. The van der Waals surface area contributed by atoms with Gasteiger partial charge in [-0.1, -0.05) is 31.2 Å². The normalized spacial score (nSPS) is 10.3. The van der Waals surface area contributed by atoms with E-state index in [1.807, 2.05) is 18.2 Å². The fraction of sp³-hybridized carbons (Fsp3) is 0.143. The lowest BCUT2D eigenvalue weighted by Gasteiger charge is -2.09. The summed E-state index contributed by atoms with van der Waals surface area (Å²) in [5.74, 6) is -0.566. The molecule has 7 nitrogen and oxygen atoms in total. The molecule has 0 aliphatic heterocycles. The number of nitrogens with zero attached hydrogens (tertiary/aromatic N) is 1. The summed E-state index contributed by atoms with van der Waals surface area (Å²) < 4.78 is 5.34. The van der Waals surface area contributed by atoms with E-state index in [4.69, 9.17) is 4.74 Å². The summed E-state index contributed by atoms with van der Waals surface area (Å²) in [5, 5.41) is 0.920. The van der Waals surface area contributed by atoms with E-state index in [-0.39, 0.29) is 18.1 Å². The minimum atomic E-state index is -0.526. The number of ketones is 1. The number of Topliss-reactive ketones (excluding diaryl/α,β-unsaturated/α-hetero) is 1. The predicted octanol–water partition coefficient (Wildman–Crippen LogP) is 2.67. The number of rotatable bonds is 6. The Morgan fingerprint density at radius 2 is 1.68 bits per heavy atom. The first-order chi connectivity index (χ1) is 13.6. The molecule has 0 saturated carbocycles. The average molecular weight is 377 g/mol. The minimum absolute atomic E-state index is 0.0364. The van der Waals surface area contributed by atoms with Crippen molar-refractivity contribution in [3.05, 3.63) is 71.9 Å². The lowest BCUT2D eigenvalue weighted by atomic mass is 10.1. The van der Waals surface area contributed by atoms with Crippen LogP contribution in [0.1, 0.15) is 34.2 Å². The van der Waals surface area contributed by atoms with Crippen LogP contribution in [-0.4, -0.2) is 29.2 Å². The molecule has 0 spiro atoms. The van der Waals surface area contributed by atoms with Gasteiger partial charge in [-0.3, -0.25) is 25.2 Å². The lowest BCUT2D eigenvalue weighted by molar-refractivity contribution is -0.123. The Kier molecular flexibility index (Phi) is 5.96. The highest BCUT2D eigenvalue weighted by molar-refractivity contribution is 5.96. The van der Waals surface area contributed by atoms with Crippen LogP contribution in [0, 0.1) is 0 Å². The number of hydrazine groups is 1. The second kappa shape index (κ2) is 8.77. The molecule has 0 radical (unpaired) electrons. The van der Waals surface area contributed by atoms with Crippen LogP contribution in [0.4, 0.5) is 0 Å². The summed E-state index contributed by atoms with van der Waals surface area (Å²) in [6.07, 6.45) is 0.425. The highest BCUT2D eigenvalue weighted by Gasteiger charge is 2.10. The largest absolute Gasteiger partial charge is 0.484 e. The summed E-state index contributed by atoms with van der Waals surface area (Å²) in [4.78, 5) is 39.8. The molecule has 0 aliphatic rings. The van der Waals surface area contributed by atoms with Gasteiger partial charge in [-0.2, -0.15) is 0 Å². The molecule has 0 saturated heterocycles. The molecule has 1 aromatic heterocycles. The first kappa shape index (κ1) is 19.0. The topological polar surface area (TPSA) is 97.4 Å². The van der Waals surface area contributed by atoms with Gasteiger partial charge < -0.3 is 4.74 Å². The molecule has 7 heteroatoms. The summed E-state index contributed by atoms with van der Waals surface area (Å²) in [7, 11) is 0. The van der Waals surface area contributed by atoms with Gasteiger partial charge in [-0.15, -0.1) is 0 Å². The Bertz CT molecular complexity index is 1020. The molecule has 0 bridgehead atoms. The van der Waals surface area contributed by atoms with E-state index in [9.17, 15) is 14.4 Å². The van der Waals surface area contributed by atoms with E-state index < -0.39 is 11.8 Å². The van der Waals surface area contributed by atoms with Gasteiger partial charge in [0.2, 0.25) is 0 Å². The van der Waals surface area contributed by atoms with Crippen LogP contribution in [0.5, 0.6) is 5.75 Å². The molecule has 0 aliphatic carbocycles. The summed E-state index contributed by atoms with van der Waals surface area (Å²) in [5.41, 5.74) is 6.06. The second-order valence-corrected chi connectivity index (χ2v) is 5.98. The zero-order valence-corrected chi connectivity index (χ0v) is 15.3. The first-order valence-corrected chi connectivity index (χ1v) is 8.78. The number of ether oxygens (including phenoxy) is 1. The Morgan fingerprint density at radius 1 is 0.929 bits per heavy atom. The van der Waals surface area contributed by atoms with Crippen molar-refractivity contribution in [2.75, 3.05) is 6.61 Å². The third kappa shape index (κ3) is 4.70. The number of aromatic nitrogens is 1. The Morgan fingerprint density at radius 3 is 2.43 bits per heavy atom. The Labute approximate surface area is 161 Å². The fourth-order valence-electron chi connectivity index (χ4n) is 2.51. The zero-order valence-electron chi connectivity index (χ0n) is 15.3. The molecule has 1 heterocycles. The van der Waals surface area contributed by atoms with E-state index in [2.05, 4.69) is 15.8 Å². The van der Waals surface area contributed by atoms with Crippen LogP contribution in [0.15, 0.2) is 60.7 Å². The number of hydrogen-bond acceptors (Lipinski definition) is 5. The van der Waals surface area contributed by atoms with Crippen molar-refractivity contribution in [3.63, 3.8) is 0 Å². The van der Waals surface area contributed by atoms with Gasteiger partial charge in [0.25, 0.3) is 11.8 Å². The van der Waals surface area contributed by atoms with Crippen LogP contribution in [0.25, 0.3) is 10.9 Å². The van der Waals surface area contributed by atoms with Crippen molar-refractivity contribution in [3.8, 4) is 5.75 Å². The molecule has 2 amide bonds. The molecule has 0 atom stereocenters. The van der Waals surface area contributed by atoms with Crippen molar-refractivity contribution in [1.29, 1.82) is 0 Å². The second-order valence-electron chi connectivity index (χ2n) is 5.98. The van der Waals surface area contributed by atoms with Crippen molar-refractivity contribution in [2.24, 2.45) is 0 Å². The van der Waals surface area contributed by atoms with E-state index in [1.165, 1.54) is 0 Å². The summed E-state index contributed by atoms with van der Waals surface area (Å²) >= 11 is 0. The molecule has 0 unspecified atom stereocenters. The van der Waals surface area contributed by atoms with Crippen molar-refractivity contribution in [1.82, 2.24) is 15.8 Å². The number of hydrogen-bond donors (Lipinski definition) is 2. The monoisotopic (exact) mass is 377 g/mol. The fourth-order valence-corrected chi connectivity index (χ4v) is 2.51. The van der Waals surface area contributed by atoms with Gasteiger partial charge in [0, 0.05) is 17.4 Å². The highest BCUT2D eigenvalue weighted by Crippen LogP contribution is 2.13. The third-order valence-electron chi connectivity index (χ3n) is 4.01. The van der Waals surface area contributed by atoms with E-state index >= 15 is 0 Å². The molecule has 2 N–H and O–H groups in total. The maximum absolute atomic E-state index is 12.1. The molecule has 3 rings (SSSR count).